The van der Waals surface area contributed by atoms with E-state index in [1.54, 1.807) is 0 Å². The zero-order valence-electron chi connectivity index (χ0n) is 14.4. The van der Waals surface area contributed by atoms with Gasteiger partial charge in [-0.1, -0.05) is 25.1 Å². The lowest BCUT2D eigenvalue weighted by molar-refractivity contribution is -0.117. The highest BCUT2D eigenvalue weighted by atomic mass is 32.1. The Morgan fingerprint density at radius 3 is 3.00 bits per heavy atom. The van der Waals surface area contributed by atoms with Gasteiger partial charge in [-0.05, 0) is 37.9 Å². The molecule has 132 valence electrons. The Labute approximate surface area is 152 Å². The Kier molecular flexibility index (Phi) is 4.72. The van der Waals surface area contributed by atoms with Gasteiger partial charge in [0.05, 0.1) is 5.69 Å². The molecule has 3 heterocycles. The van der Waals surface area contributed by atoms with Crippen LogP contribution in [-0.2, 0) is 11.3 Å². The molecule has 1 aromatic heterocycles. The van der Waals surface area contributed by atoms with E-state index < -0.39 is 0 Å². The number of benzene rings is 1. The summed E-state index contributed by atoms with van der Waals surface area (Å²) in [6, 6.07) is 7.73. The molecule has 2 aromatic rings. The van der Waals surface area contributed by atoms with Crippen molar-refractivity contribution in [2.24, 2.45) is 5.92 Å². The summed E-state index contributed by atoms with van der Waals surface area (Å²) in [5, 5.41) is 5.68. The maximum atomic E-state index is 12.6. The van der Waals surface area contributed by atoms with Crippen LogP contribution in [0.4, 0.5) is 5.13 Å². The van der Waals surface area contributed by atoms with E-state index in [0.717, 1.165) is 42.6 Å². The van der Waals surface area contributed by atoms with Crippen molar-refractivity contribution in [2.45, 2.75) is 32.2 Å². The number of ether oxygens (including phenoxy) is 1. The standard InChI is InChI=1S/C19H23N3O2S/c1-13-6-8-22(9-7-13)10-14-12-25-19(20-14)21-18(23)16-11-24-17-5-3-2-4-15(16)17/h2-5,12-13,16H,6-11H2,1H3,(H,20,21,23). The minimum Gasteiger partial charge on any atom is -0.492 e. The van der Waals surface area contributed by atoms with E-state index in [4.69, 9.17) is 4.74 Å². The molecule has 25 heavy (non-hydrogen) atoms. The van der Waals surface area contributed by atoms with Crippen molar-refractivity contribution >= 4 is 22.4 Å². The number of carbonyl (C=O) groups is 1. The molecular weight excluding hydrogens is 334 g/mol. The van der Waals surface area contributed by atoms with Crippen molar-refractivity contribution in [1.82, 2.24) is 9.88 Å². The van der Waals surface area contributed by atoms with E-state index in [1.165, 1.54) is 24.2 Å². The van der Waals surface area contributed by atoms with Crippen LogP contribution in [0, 0.1) is 5.92 Å². The van der Waals surface area contributed by atoms with Crippen molar-refractivity contribution in [3.8, 4) is 5.75 Å². The summed E-state index contributed by atoms with van der Waals surface area (Å²) in [5.74, 6) is 1.34. The number of carbonyl (C=O) groups excluding carboxylic acids is 1. The average Bonchev–Trinajstić information content (AvgIpc) is 3.23. The van der Waals surface area contributed by atoms with Crippen molar-refractivity contribution in [3.05, 3.63) is 40.9 Å². The maximum Gasteiger partial charge on any atom is 0.237 e. The smallest absolute Gasteiger partial charge is 0.237 e. The summed E-state index contributed by atoms with van der Waals surface area (Å²) >= 11 is 1.50. The second-order valence-corrected chi connectivity index (χ2v) is 7.85. The second kappa shape index (κ2) is 7.14. The summed E-state index contributed by atoms with van der Waals surface area (Å²) < 4.78 is 5.60. The van der Waals surface area contributed by atoms with Crippen LogP contribution in [0.3, 0.4) is 0 Å². The van der Waals surface area contributed by atoms with Gasteiger partial charge < -0.3 is 10.1 Å². The topological polar surface area (TPSA) is 54.5 Å². The Morgan fingerprint density at radius 1 is 1.36 bits per heavy atom. The summed E-state index contributed by atoms with van der Waals surface area (Å²) in [7, 11) is 0. The number of anilines is 1. The van der Waals surface area contributed by atoms with E-state index in [-0.39, 0.29) is 11.8 Å². The van der Waals surface area contributed by atoms with Gasteiger partial charge in [0.15, 0.2) is 5.13 Å². The summed E-state index contributed by atoms with van der Waals surface area (Å²) in [4.78, 5) is 19.6. The van der Waals surface area contributed by atoms with Crippen molar-refractivity contribution < 1.29 is 9.53 Å². The SMILES string of the molecule is CC1CCN(Cc2csc(NC(=O)C3COc4ccccc43)n2)CC1. The Morgan fingerprint density at radius 2 is 2.16 bits per heavy atom. The molecule has 0 spiro atoms. The number of hydrogen-bond acceptors (Lipinski definition) is 5. The minimum absolute atomic E-state index is 0.0438. The van der Waals surface area contributed by atoms with Crippen molar-refractivity contribution in [3.63, 3.8) is 0 Å². The fourth-order valence-corrected chi connectivity index (χ4v) is 4.16. The molecule has 4 rings (SSSR count). The normalized spacial score (nSPS) is 20.9. The number of rotatable bonds is 4. The van der Waals surface area contributed by atoms with Crippen LogP contribution in [0.1, 0.15) is 36.9 Å². The highest BCUT2D eigenvalue weighted by Crippen LogP contribution is 2.34. The van der Waals surface area contributed by atoms with Crippen LogP contribution in [0.2, 0.25) is 0 Å². The number of fused-ring (bicyclic) bond motifs is 1. The largest absolute Gasteiger partial charge is 0.492 e. The van der Waals surface area contributed by atoms with Crippen LogP contribution in [-0.4, -0.2) is 35.5 Å². The van der Waals surface area contributed by atoms with Gasteiger partial charge in [-0.25, -0.2) is 4.98 Å². The molecule has 1 amide bonds. The number of nitrogens with zero attached hydrogens (tertiary/aromatic N) is 2. The molecule has 2 aliphatic rings. The van der Waals surface area contributed by atoms with Gasteiger partial charge in [-0.3, -0.25) is 9.69 Å². The molecule has 0 radical (unpaired) electrons. The molecule has 0 aliphatic carbocycles. The highest BCUT2D eigenvalue weighted by Gasteiger charge is 2.30. The number of nitrogens with one attached hydrogen (secondary N) is 1. The second-order valence-electron chi connectivity index (χ2n) is 6.99. The Hall–Kier alpha value is -1.92. The van der Waals surface area contributed by atoms with E-state index in [9.17, 15) is 4.79 Å². The van der Waals surface area contributed by atoms with Crippen LogP contribution in [0.5, 0.6) is 5.75 Å². The number of hydrogen-bond donors (Lipinski definition) is 1. The first-order chi connectivity index (χ1) is 12.2. The Balaban J connectivity index is 1.36. The first-order valence-corrected chi connectivity index (χ1v) is 9.76. The number of piperidine rings is 1. The first-order valence-electron chi connectivity index (χ1n) is 8.88. The molecule has 1 unspecified atom stereocenters. The number of aromatic nitrogens is 1. The predicted molar refractivity (Wildman–Crippen MR) is 99.1 cm³/mol. The molecule has 5 nitrogen and oxygen atoms in total. The van der Waals surface area contributed by atoms with E-state index in [0.29, 0.717) is 11.7 Å². The third-order valence-electron chi connectivity index (χ3n) is 5.06. The van der Waals surface area contributed by atoms with Crippen LogP contribution >= 0.6 is 11.3 Å². The number of para-hydroxylation sites is 1. The molecule has 1 N–H and O–H groups in total. The third-order valence-corrected chi connectivity index (χ3v) is 5.87. The van der Waals surface area contributed by atoms with Gasteiger partial charge in [-0.15, -0.1) is 11.3 Å². The summed E-state index contributed by atoms with van der Waals surface area (Å²) in [6.45, 7) is 5.86. The molecule has 1 atom stereocenters. The van der Waals surface area contributed by atoms with E-state index in [1.807, 2.05) is 29.6 Å². The lowest BCUT2D eigenvalue weighted by Gasteiger charge is -2.29. The molecule has 0 bridgehead atoms. The summed E-state index contributed by atoms with van der Waals surface area (Å²) in [5.41, 5.74) is 2.00. The van der Waals surface area contributed by atoms with Gasteiger partial charge in [0.2, 0.25) is 5.91 Å². The average molecular weight is 357 g/mol. The van der Waals surface area contributed by atoms with Gasteiger partial charge >= 0.3 is 0 Å². The molecule has 0 saturated carbocycles. The molecule has 2 aliphatic heterocycles. The molecular formula is C19H23N3O2S. The van der Waals surface area contributed by atoms with Crippen LogP contribution in [0.25, 0.3) is 0 Å². The van der Waals surface area contributed by atoms with Crippen LogP contribution < -0.4 is 10.1 Å². The molecule has 1 fully saturated rings. The maximum absolute atomic E-state index is 12.6. The van der Waals surface area contributed by atoms with Crippen molar-refractivity contribution in [2.75, 3.05) is 25.0 Å². The molecule has 1 saturated heterocycles. The minimum atomic E-state index is -0.257. The lowest BCUT2D eigenvalue weighted by atomic mass is 9.99. The van der Waals surface area contributed by atoms with Crippen LogP contribution in [0.15, 0.2) is 29.6 Å². The number of thiazole rings is 1. The lowest BCUT2D eigenvalue weighted by Crippen LogP contribution is -2.32. The van der Waals surface area contributed by atoms with Gasteiger partial charge in [0, 0.05) is 17.5 Å². The molecule has 1 aromatic carbocycles. The zero-order chi connectivity index (χ0) is 17.2. The van der Waals surface area contributed by atoms with Gasteiger partial charge in [0.1, 0.15) is 18.3 Å². The van der Waals surface area contributed by atoms with Crippen molar-refractivity contribution in [1.29, 1.82) is 0 Å². The fourth-order valence-electron chi connectivity index (χ4n) is 3.46. The van der Waals surface area contributed by atoms with E-state index >= 15 is 0 Å². The monoisotopic (exact) mass is 357 g/mol. The van der Waals surface area contributed by atoms with Gasteiger partial charge in [-0.2, -0.15) is 0 Å². The quantitative estimate of drug-likeness (QED) is 0.910. The number of likely N-dealkylation sites (tertiary alicyclic amines) is 1. The third kappa shape index (κ3) is 3.70. The van der Waals surface area contributed by atoms with Gasteiger partial charge in [0.25, 0.3) is 0 Å². The van der Waals surface area contributed by atoms with E-state index in [2.05, 4.69) is 22.1 Å². The Bertz CT molecular complexity index is 753. The molecule has 6 heteroatoms. The summed E-state index contributed by atoms with van der Waals surface area (Å²) in [6.07, 6.45) is 2.52. The first kappa shape index (κ1) is 16.5. The zero-order valence-corrected chi connectivity index (χ0v) is 15.2. The fraction of sp³-hybridized carbons (Fsp3) is 0.474. The predicted octanol–water partition coefficient (Wildman–Crippen LogP) is 3.49. The number of amides is 1. The highest BCUT2D eigenvalue weighted by molar-refractivity contribution is 7.13.